The molecule has 0 heterocycles. The van der Waals surface area contributed by atoms with Crippen molar-refractivity contribution in [2.24, 2.45) is 0 Å². The quantitative estimate of drug-likeness (QED) is 0.512. The summed E-state index contributed by atoms with van der Waals surface area (Å²) in [5.41, 5.74) is 2.36. The number of ether oxygens (including phenoxy) is 1. The van der Waals surface area contributed by atoms with Crippen LogP contribution in [0.1, 0.15) is 24.5 Å². The molecule has 2 aromatic carbocycles. The monoisotopic (exact) mass is 452 g/mol. The molecule has 0 amide bonds. The number of benzene rings is 2. The maximum Gasteiger partial charge on any atom is 0.334 e. The fourth-order valence-corrected chi connectivity index (χ4v) is 3.72. The number of hydrogen-bond donors (Lipinski definition) is 1. The van der Waals surface area contributed by atoms with Crippen LogP contribution in [0.2, 0.25) is 0 Å². The molecule has 0 aliphatic carbocycles. The molecule has 2 rings (SSSR count). The van der Waals surface area contributed by atoms with Crippen molar-refractivity contribution in [1.29, 1.82) is 0 Å². The molecular weight excluding hydrogens is 432 g/mol. The number of hydrogen-bond acceptors (Lipinski definition) is 5. The van der Waals surface area contributed by atoms with Gasteiger partial charge in [-0.3, -0.25) is 0 Å². The van der Waals surface area contributed by atoms with Crippen molar-refractivity contribution in [3.05, 3.63) is 69.7 Å². The summed E-state index contributed by atoms with van der Waals surface area (Å²) in [6.07, 6.45) is 1.26. The Morgan fingerprint density at radius 1 is 1.11 bits per heavy atom. The van der Waals surface area contributed by atoms with Gasteiger partial charge in [-0.25, -0.2) is 13.2 Å². The van der Waals surface area contributed by atoms with Crippen LogP contribution in [-0.4, -0.2) is 39.0 Å². The van der Waals surface area contributed by atoms with E-state index in [2.05, 4.69) is 15.9 Å². The molecule has 0 radical (unpaired) electrons. The van der Waals surface area contributed by atoms with Gasteiger partial charge in [-0.2, -0.15) is 0 Å². The molecule has 0 saturated heterocycles. The molecule has 0 aliphatic heterocycles. The van der Waals surface area contributed by atoms with Crippen molar-refractivity contribution in [3.63, 3.8) is 0 Å². The SMILES string of the molecule is CCOC(=O)/C(CCO)=C(\c1ccc(S(C)(=O)=O)cc1)c1cccc(Br)c1. The van der Waals surface area contributed by atoms with Crippen molar-refractivity contribution in [2.75, 3.05) is 19.5 Å². The fraction of sp³-hybridized carbons (Fsp3) is 0.250. The van der Waals surface area contributed by atoms with E-state index in [0.717, 1.165) is 16.3 Å². The van der Waals surface area contributed by atoms with E-state index in [-0.39, 0.29) is 24.5 Å². The van der Waals surface area contributed by atoms with Crippen molar-refractivity contribution in [1.82, 2.24) is 0 Å². The molecular formula is C20H21BrO5S. The minimum absolute atomic E-state index is 0.120. The van der Waals surface area contributed by atoms with Gasteiger partial charge in [-0.05, 0) is 47.9 Å². The van der Waals surface area contributed by atoms with Crippen LogP contribution >= 0.6 is 15.9 Å². The normalized spacial score (nSPS) is 12.4. The maximum absolute atomic E-state index is 12.5. The number of carbonyl (C=O) groups is 1. The molecule has 7 heteroatoms. The van der Waals surface area contributed by atoms with Gasteiger partial charge >= 0.3 is 5.97 Å². The van der Waals surface area contributed by atoms with Crippen LogP contribution < -0.4 is 0 Å². The Balaban J connectivity index is 2.72. The zero-order valence-electron chi connectivity index (χ0n) is 15.1. The zero-order chi connectivity index (χ0) is 20.0. The van der Waals surface area contributed by atoms with Crippen LogP contribution in [0.15, 0.2) is 63.5 Å². The first kappa shape index (κ1) is 21.3. The summed E-state index contributed by atoms with van der Waals surface area (Å²) in [4.78, 5) is 12.7. The van der Waals surface area contributed by atoms with Crippen LogP contribution in [0.5, 0.6) is 0 Å². The van der Waals surface area contributed by atoms with Gasteiger partial charge in [-0.1, -0.05) is 40.2 Å². The lowest BCUT2D eigenvalue weighted by atomic mass is 9.91. The summed E-state index contributed by atoms with van der Waals surface area (Å²) < 4.78 is 29.5. The van der Waals surface area contributed by atoms with E-state index in [0.29, 0.717) is 16.7 Å². The number of aliphatic hydroxyl groups is 1. The van der Waals surface area contributed by atoms with Gasteiger partial charge in [0.25, 0.3) is 0 Å². The molecule has 0 unspecified atom stereocenters. The molecule has 27 heavy (non-hydrogen) atoms. The Hall–Kier alpha value is -1.96. The molecule has 2 aromatic rings. The smallest absolute Gasteiger partial charge is 0.334 e. The van der Waals surface area contributed by atoms with Gasteiger partial charge in [-0.15, -0.1) is 0 Å². The Kier molecular flexibility index (Phi) is 7.35. The lowest BCUT2D eigenvalue weighted by Gasteiger charge is -2.16. The highest BCUT2D eigenvalue weighted by Gasteiger charge is 2.20. The summed E-state index contributed by atoms with van der Waals surface area (Å²) in [5.74, 6) is -0.506. The average molecular weight is 453 g/mol. The maximum atomic E-state index is 12.5. The Morgan fingerprint density at radius 2 is 1.78 bits per heavy atom. The standard InChI is InChI=1S/C20H21BrO5S/c1-3-26-20(23)18(11-12-22)19(15-5-4-6-16(21)13-15)14-7-9-17(10-8-14)27(2,24)25/h4-10,13,22H,3,11-12H2,1-2H3/b19-18+. The highest BCUT2D eigenvalue weighted by atomic mass is 79.9. The van der Waals surface area contributed by atoms with E-state index >= 15 is 0 Å². The molecule has 5 nitrogen and oxygen atoms in total. The van der Waals surface area contributed by atoms with Crippen molar-refractivity contribution in [2.45, 2.75) is 18.2 Å². The van der Waals surface area contributed by atoms with Gasteiger partial charge in [0.2, 0.25) is 0 Å². The summed E-state index contributed by atoms with van der Waals surface area (Å²) >= 11 is 3.43. The van der Waals surface area contributed by atoms with Gasteiger partial charge < -0.3 is 9.84 Å². The minimum Gasteiger partial charge on any atom is -0.463 e. The van der Waals surface area contributed by atoms with Crippen LogP contribution in [0.3, 0.4) is 0 Å². The molecule has 144 valence electrons. The van der Waals surface area contributed by atoms with Crippen molar-refractivity contribution >= 4 is 37.3 Å². The Bertz CT molecular complexity index is 947. The molecule has 0 spiro atoms. The summed E-state index contributed by atoms with van der Waals surface area (Å²) in [6, 6.07) is 13.7. The van der Waals surface area contributed by atoms with Crippen LogP contribution in [-0.2, 0) is 19.4 Å². The Labute approximate surface area is 167 Å². The minimum atomic E-state index is -3.33. The second-order valence-corrected chi connectivity index (χ2v) is 8.79. The average Bonchev–Trinajstić information content (AvgIpc) is 2.61. The lowest BCUT2D eigenvalue weighted by molar-refractivity contribution is -0.138. The first-order chi connectivity index (χ1) is 12.8. The van der Waals surface area contributed by atoms with E-state index in [9.17, 15) is 18.3 Å². The van der Waals surface area contributed by atoms with Crippen LogP contribution in [0.4, 0.5) is 0 Å². The van der Waals surface area contributed by atoms with Gasteiger partial charge in [0.05, 0.1) is 11.5 Å². The van der Waals surface area contributed by atoms with Crippen molar-refractivity contribution < 1.29 is 23.1 Å². The predicted molar refractivity (Wildman–Crippen MR) is 108 cm³/mol. The largest absolute Gasteiger partial charge is 0.463 e. The van der Waals surface area contributed by atoms with E-state index in [4.69, 9.17) is 4.74 Å². The predicted octanol–water partition coefficient (Wildman–Crippen LogP) is 3.60. The summed E-state index contributed by atoms with van der Waals surface area (Å²) in [7, 11) is -3.33. The van der Waals surface area contributed by atoms with Gasteiger partial charge in [0.15, 0.2) is 9.84 Å². The molecule has 1 N–H and O–H groups in total. The molecule has 0 bridgehead atoms. The number of esters is 1. The first-order valence-corrected chi connectivity index (χ1v) is 11.0. The second kappa shape index (κ2) is 9.30. The number of rotatable bonds is 7. The highest BCUT2D eigenvalue weighted by Crippen LogP contribution is 2.31. The third kappa shape index (κ3) is 5.51. The number of halogens is 1. The third-order valence-electron chi connectivity index (χ3n) is 3.87. The van der Waals surface area contributed by atoms with E-state index in [1.54, 1.807) is 19.1 Å². The second-order valence-electron chi connectivity index (χ2n) is 5.85. The van der Waals surface area contributed by atoms with Crippen LogP contribution in [0, 0.1) is 0 Å². The summed E-state index contributed by atoms with van der Waals surface area (Å²) in [5, 5.41) is 9.47. The molecule has 0 saturated carbocycles. The number of sulfone groups is 1. The highest BCUT2D eigenvalue weighted by molar-refractivity contribution is 9.10. The van der Waals surface area contributed by atoms with Gasteiger partial charge in [0, 0.05) is 29.3 Å². The lowest BCUT2D eigenvalue weighted by Crippen LogP contribution is -2.12. The first-order valence-electron chi connectivity index (χ1n) is 8.35. The summed E-state index contributed by atoms with van der Waals surface area (Å²) in [6.45, 7) is 1.72. The van der Waals surface area contributed by atoms with E-state index < -0.39 is 15.8 Å². The molecule has 0 aromatic heterocycles. The van der Waals surface area contributed by atoms with Crippen molar-refractivity contribution in [3.8, 4) is 0 Å². The Morgan fingerprint density at radius 3 is 2.30 bits per heavy atom. The van der Waals surface area contributed by atoms with Gasteiger partial charge in [0.1, 0.15) is 0 Å². The van der Waals surface area contributed by atoms with Crippen LogP contribution in [0.25, 0.3) is 5.57 Å². The van der Waals surface area contributed by atoms with E-state index in [1.165, 1.54) is 12.1 Å². The third-order valence-corrected chi connectivity index (χ3v) is 5.49. The number of aliphatic hydroxyl groups excluding tert-OH is 1. The zero-order valence-corrected chi connectivity index (χ0v) is 17.5. The molecule has 0 fully saturated rings. The molecule has 0 atom stereocenters. The number of carbonyl (C=O) groups excluding carboxylic acids is 1. The van der Waals surface area contributed by atoms with E-state index in [1.807, 2.05) is 24.3 Å². The fourth-order valence-electron chi connectivity index (χ4n) is 2.69. The molecule has 0 aliphatic rings. The topological polar surface area (TPSA) is 80.7 Å².